The Hall–Kier alpha value is -3.90. The van der Waals surface area contributed by atoms with Gasteiger partial charge in [-0.15, -0.1) is 0 Å². The third kappa shape index (κ3) is 6.88. The van der Waals surface area contributed by atoms with Gasteiger partial charge in [0.1, 0.15) is 5.60 Å². The van der Waals surface area contributed by atoms with E-state index in [-0.39, 0.29) is 24.2 Å². The fraction of sp³-hybridized carbons (Fsp3) is 0.414. The molecule has 5 rings (SSSR count). The Morgan fingerprint density at radius 2 is 1.85 bits per heavy atom. The first kappa shape index (κ1) is 28.6. The Kier molecular flexibility index (Phi) is 8.32. The van der Waals surface area contributed by atoms with Crippen LogP contribution >= 0.6 is 0 Å². The molecule has 1 atom stereocenters. The molecule has 216 valence electrons. The summed E-state index contributed by atoms with van der Waals surface area (Å²) in [5, 5.41) is 16.6. The van der Waals surface area contributed by atoms with E-state index >= 15 is 0 Å². The highest BCUT2D eigenvalue weighted by atomic mass is 19.4. The van der Waals surface area contributed by atoms with Crippen molar-refractivity contribution in [2.75, 3.05) is 19.6 Å². The first-order valence-electron chi connectivity index (χ1n) is 13.5. The SMILES string of the molecule is O=C(CNC(=O)c1cccc(C(F)(F)F)c1)NC1CCN(C2CCC(O)(c3ccc(-c4cnccn4)cn3)CC2)C1. The molecule has 1 unspecified atom stereocenters. The van der Waals surface area contributed by atoms with Crippen molar-refractivity contribution in [3.63, 3.8) is 0 Å². The van der Waals surface area contributed by atoms with Crippen LogP contribution in [0.25, 0.3) is 11.3 Å². The molecule has 41 heavy (non-hydrogen) atoms. The predicted molar refractivity (Wildman–Crippen MR) is 143 cm³/mol. The van der Waals surface area contributed by atoms with Gasteiger partial charge in [-0.1, -0.05) is 6.07 Å². The largest absolute Gasteiger partial charge is 0.416 e. The van der Waals surface area contributed by atoms with Gasteiger partial charge in [-0.2, -0.15) is 13.2 Å². The Bertz CT molecular complexity index is 1360. The predicted octanol–water partition coefficient (Wildman–Crippen LogP) is 3.31. The van der Waals surface area contributed by atoms with E-state index in [2.05, 4.69) is 30.5 Å². The number of halogens is 3. The van der Waals surface area contributed by atoms with Crippen LogP contribution in [0.3, 0.4) is 0 Å². The van der Waals surface area contributed by atoms with Crippen molar-refractivity contribution in [3.05, 3.63) is 78.0 Å². The monoisotopic (exact) mass is 568 g/mol. The molecule has 2 aromatic heterocycles. The van der Waals surface area contributed by atoms with Crippen molar-refractivity contribution in [1.82, 2.24) is 30.5 Å². The van der Waals surface area contributed by atoms with Gasteiger partial charge in [0.2, 0.25) is 5.91 Å². The van der Waals surface area contributed by atoms with Crippen LogP contribution in [-0.4, -0.2) is 68.5 Å². The zero-order chi connectivity index (χ0) is 29.0. The number of carbonyl (C=O) groups is 2. The van der Waals surface area contributed by atoms with Gasteiger partial charge >= 0.3 is 6.18 Å². The molecule has 9 nitrogen and oxygen atoms in total. The fourth-order valence-corrected chi connectivity index (χ4v) is 5.59. The fourth-order valence-electron chi connectivity index (χ4n) is 5.59. The van der Waals surface area contributed by atoms with Crippen LogP contribution in [0, 0.1) is 0 Å². The van der Waals surface area contributed by atoms with Crippen molar-refractivity contribution < 1.29 is 27.9 Å². The summed E-state index contributed by atoms with van der Waals surface area (Å²) in [6, 6.07) is 8.00. The topological polar surface area (TPSA) is 120 Å². The summed E-state index contributed by atoms with van der Waals surface area (Å²) in [5.41, 5.74) is 0.114. The quantitative estimate of drug-likeness (QED) is 0.400. The van der Waals surface area contributed by atoms with Gasteiger partial charge in [0.05, 0.1) is 29.7 Å². The van der Waals surface area contributed by atoms with Crippen LogP contribution in [-0.2, 0) is 16.6 Å². The summed E-state index contributed by atoms with van der Waals surface area (Å²) in [5.74, 6) is -1.14. The summed E-state index contributed by atoms with van der Waals surface area (Å²) in [7, 11) is 0. The van der Waals surface area contributed by atoms with Crippen molar-refractivity contribution in [2.45, 2.75) is 56.0 Å². The van der Waals surface area contributed by atoms with E-state index in [1.54, 1.807) is 24.8 Å². The Labute approximate surface area is 235 Å². The van der Waals surface area contributed by atoms with Crippen molar-refractivity contribution >= 4 is 11.8 Å². The summed E-state index contributed by atoms with van der Waals surface area (Å²) >= 11 is 0. The number of rotatable bonds is 7. The molecule has 0 radical (unpaired) electrons. The van der Waals surface area contributed by atoms with Crippen molar-refractivity contribution in [2.24, 2.45) is 0 Å². The van der Waals surface area contributed by atoms with Crippen LogP contribution in [0.1, 0.15) is 53.7 Å². The molecule has 0 bridgehead atoms. The minimum atomic E-state index is -4.56. The molecule has 1 saturated carbocycles. The lowest BCUT2D eigenvalue weighted by Crippen LogP contribution is -2.45. The van der Waals surface area contributed by atoms with E-state index in [1.807, 2.05) is 12.1 Å². The number of nitrogens with one attached hydrogen (secondary N) is 2. The minimum absolute atomic E-state index is 0.0935. The van der Waals surface area contributed by atoms with Crippen molar-refractivity contribution in [1.29, 1.82) is 0 Å². The molecular weight excluding hydrogens is 537 g/mol. The van der Waals surface area contributed by atoms with Gasteiger partial charge in [-0.05, 0) is 62.4 Å². The summed E-state index contributed by atoms with van der Waals surface area (Å²) in [6.07, 6.45) is 5.52. The summed E-state index contributed by atoms with van der Waals surface area (Å²) in [6.45, 7) is 1.13. The van der Waals surface area contributed by atoms with E-state index in [1.165, 1.54) is 6.07 Å². The second-order valence-electron chi connectivity index (χ2n) is 10.6. The number of carbonyl (C=O) groups excluding carboxylic acids is 2. The van der Waals surface area contributed by atoms with Gasteiger partial charge in [0, 0.05) is 54.9 Å². The molecule has 2 aliphatic rings. The van der Waals surface area contributed by atoms with Crippen LogP contribution in [0.5, 0.6) is 0 Å². The second kappa shape index (κ2) is 11.9. The standard InChI is InChI=1S/C29H31F3N6O3/c30-29(31,32)21-3-1-2-19(14-21)27(40)36-17-26(39)37-22-8-13-38(18-22)23-6-9-28(41,10-7-23)25-5-4-20(15-35-25)24-16-33-11-12-34-24/h1-5,11-12,14-16,22-23,41H,6-10,13,17-18H2,(H,36,40)(H,37,39). The Balaban J connectivity index is 1.07. The maximum atomic E-state index is 12.9. The highest BCUT2D eigenvalue weighted by Crippen LogP contribution is 2.39. The number of aliphatic hydroxyl groups is 1. The van der Waals surface area contributed by atoms with Crippen LogP contribution < -0.4 is 10.6 Å². The molecule has 1 aromatic carbocycles. The second-order valence-corrected chi connectivity index (χ2v) is 10.6. The van der Waals surface area contributed by atoms with Gasteiger partial charge in [-0.3, -0.25) is 29.4 Å². The van der Waals surface area contributed by atoms with E-state index in [9.17, 15) is 27.9 Å². The summed E-state index contributed by atoms with van der Waals surface area (Å²) in [4.78, 5) is 39.9. The molecule has 1 saturated heterocycles. The van der Waals surface area contributed by atoms with Gasteiger partial charge in [0.25, 0.3) is 5.91 Å². The van der Waals surface area contributed by atoms with Crippen LogP contribution in [0.4, 0.5) is 13.2 Å². The Morgan fingerprint density at radius 1 is 1.05 bits per heavy atom. The molecule has 3 heterocycles. The molecule has 1 aliphatic heterocycles. The highest BCUT2D eigenvalue weighted by Gasteiger charge is 2.39. The molecule has 3 aromatic rings. The Morgan fingerprint density at radius 3 is 2.54 bits per heavy atom. The molecular formula is C29H31F3N6O3. The normalized spacial score (nSPS) is 23.2. The molecule has 0 spiro atoms. The average molecular weight is 569 g/mol. The third-order valence-corrected chi connectivity index (χ3v) is 7.84. The minimum Gasteiger partial charge on any atom is -0.384 e. The van der Waals surface area contributed by atoms with Crippen LogP contribution in [0.2, 0.25) is 0 Å². The zero-order valence-electron chi connectivity index (χ0n) is 22.3. The van der Waals surface area contributed by atoms with E-state index < -0.39 is 29.2 Å². The number of nitrogens with zero attached hydrogens (tertiary/aromatic N) is 4. The number of amides is 2. The molecule has 1 aliphatic carbocycles. The first-order valence-corrected chi connectivity index (χ1v) is 13.5. The summed E-state index contributed by atoms with van der Waals surface area (Å²) < 4.78 is 38.7. The van der Waals surface area contributed by atoms with E-state index in [4.69, 9.17) is 0 Å². The smallest absolute Gasteiger partial charge is 0.384 e. The molecule has 3 N–H and O–H groups in total. The number of hydrogen-bond donors (Lipinski definition) is 3. The van der Waals surface area contributed by atoms with Gasteiger partial charge < -0.3 is 15.7 Å². The maximum absolute atomic E-state index is 12.9. The molecule has 2 fully saturated rings. The number of likely N-dealkylation sites (tertiary alicyclic amines) is 1. The number of benzene rings is 1. The first-order chi connectivity index (χ1) is 19.6. The number of hydrogen-bond acceptors (Lipinski definition) is 7. The number of aromatic nitrogens is 3. The van der Waals surface area contributed by atoms with Gasteiger partial charge in [0.15, 0.2) is 0 Å². The maximum Gasteiger partial charge on any atom is 0.416 e. The third-order valence-electron chi connectivity index (χ3n) is 7.84. The molecule has 12 heteroatoms. The van der Waals surface area contributed by atoms with Crippen LogP contribution in [0.15, 0.2) is 61.2 Å². The lowest BCUT2D eigenvalue weighted by molar-refractivity contribution is -0.137. The average Bonchev–Trinajstić information content (AvgIpc) is 3.44. The van der Waals surface area contributed by atoms with E-state index in [0.29, 0.717) is 25.1 Å². The molecule has 2 amide bonds. The van der Waals surface area contributed by atoms with Crippen molar-refractivity contribution in [3.8, 4) is 11.3 Å². The number of alkyl halides is 3. The van der Waals surface area contributed by atoms with E-state index in [0.717, 1.165) is 55.3 Å². The van der Waals surface area contributed by atoms with Gasteiger partial charge in [-0.25, -0.2) is 0 Å². The zero-order valence-corrected chi connectivity index (χ0v) is 22.3. The highest BCUT2D eigenvalue weighted by molar-refractivity contribution is 5.96. The number of pyridine rings is 1. The lowest BCUT2D eigenvalue weighted by atomic mass is 9.79. The lowest BCUT2D eigenvalue weighted by Gasteiger charge is -2.39.